The van der Waals surface area contributed by atoms with Gasteiger partial charge in [-0.05, 0) is 31.4 Å². The Kier molecular flexibility index (Phi) is 5.44. The molecule has 0 unspecified atom stereocenters. The zero-order valence-corrected chi connectivity index (χ0v) is 12.7. The average molecular weight is 315 g/mol. The second-order valence-corrected chi connectivity index (χ2v) is 5.19. The summed E-state index contributed by atoms with van der Waals surface area (Å²) in [5, 5.41) is 3.24. The average Bonchev–Trinajstić information content (AvgIpc) is 2.85. The number of imidazole rings is 1. The molecule has 1 aromatic heterocycles. The molecule has 2 rings (SSSR count). The van der Waals surface area contributed by atoms with Gasteiger partial charge in [0, 0.05) is 31.5 Å². The summed E-state index contributed by atoms with van der Waals surface area (Å²) in [6.45, 7) is 3.50. The maximum Gasteiger partial charge on any atom is 0.409 e. The molecule has 1 aliphatic heterocycles. The maximum absolute atomic E-state index is 11.9. The summed E-state index contributed by atoms with van der Waals surface area (Å²) < 4.78 is 6.53. The van der Waals surface area contributed by atoms with Crippen molar-refractivity contribution in [3.05, 3.63) is 17.7 Å². The van der Waals surface area contributed by atoms with Crippen molar-refractivity contribution < 1.29 is 14.3 Å². The third-order valence-electron chi connectivity index (χ3n) is 3.36. The van der Waals surface area contributed by atoms with Gasteiger partial charge in [0.15, 0.2) is 0 Å². The van der Waals surface area contributed by atoms with Crippen LogP contribution >= 0.6 is 11.6 Å². The van der Waals surface area contributed by atoms with Crippen molar-refractivity contribution in [2.75, 3.05) is 19.7 Å². The van der Waals surface area contributed by atoms with Crippen LogP contribution in [0.3, 0.4) is 0 Å². The number of carbonyl (C=O) groups is 2. The van der Waals surface area contributed by atoms with E-state index < -0.39 is 0 Å². The predicted molar refractivity (Wildman–Crippen MR) is 77.0 cm³/mol. The third-order valence-corrected chi connectivity index (χ3v) is 3.68. The van der Waals surface area contributed by atoms with Gasteiger partial charge in [-0.25, -0.2) is 9.78 Å². The molecule has 21 heavy (non-hydrogen) atoms. The zero-order chi connectivity index (χ0) is 15.2. The van der Waals surface area contributed by atoms with Gasteiger partial charge in [0.2, 0.25) is 11.2 Å². The highest BCUT2D eigenvalue weighted by Crippen LogP contribution is 2.12. The number of halogens is 1. The van der Waals surface area contributed by atoms with Gasteiger partial charge in [0.1, 0.15) is 6.54 Å². The molecule has 8 heteroatoms. The summed E-state index contributed by atoms with van der Waals surface area (Å²) in [7, 11) is 0. The first-order valence-corrected chi connectivity index (χ1v) is 7.35. The van der Waals surface area contributed by atoms with Crippen LogP contribution in [0.2, 0.25) is 5.28 Å². The molecule has 0 spiro atoms. The largest absolute Gasteiger partial charge is 0.450 e. The number of hydrogen-bond donors (Lipinski definition) is 1. The lowest BCUT2D eigenvalue weighted by Crippen LogP contribution is -2.47. The number of amides is 2. The minimum atomic E-state index is -0.285. The first kappa shape index (κ1) is 15.6. The van der Waals surface area contributed by atoms with Gasteiger partial charge in [0.25, 0.3) is 0 Å². The van der Waals surface area contributed by atoms with Crippen molar-refractivity contribution >= 4 is 23.6 Å². The smallest absolute Gasteiger partial charge is 0.409 e. The van der Waals surface area contributed by atoms with Crippen molar-refractivity contribution in [2.45, 2.75) is 32.4 Å². The quantitative estimate of drug-likeness (QED) is 0.908. The molecule has 116 valence electrons. The van der Waals surface area contributed by atoms with Gasteiger partial charge in [-0.15, -0.1) is 0 Å². The Hall–Kier alpha value is -1.76. The monoisotopic (exact) mass is 314 g/mol. The van der Waals surface area contributed by atoms with Crippen LogP contribution in [0, 0.1) is 0 Å². The highest BCUT2D eigenvalue weighted by atomic mass is 35.5. The van der Waals surface area contributed by atoms with Gasteiger partial charge >= 0.3 is 6.09 Å². The Morgan fingerprint density at radius 3 is 2.76 bits per heavy atom. The van der Waals surface area contributed by atoms with E-state index in [4.69, 9.17) is 16.3 Å². The predicted octanol–water partition coefficient (Wildman–Crippen LogP) is 1.27. The minimum Gasteiger partial charge on any atom is -0.450 e. The summed E-state index contributed by atoms with van der Waals surface area (Å²) in [5.41, 5.74) is 0. The van der Waals surface area contributed by atoms with E-state index in [0.29, 0.717) is 25.0 Å². The standard InChI is InChI=1S/C13H19ClN4O3/c1-2-21-13(20)17-6-3-10(4-7-17)16-11(19)9-18-8-5-15-12(18)14/h5,8,10H,2-4,6-7,9H2,1H3,(H,16,19). The maximum atomic E-state index is 11.9. The highest BCUT2D eigenvalue weighted by Gasteiger charge is 2.24. The molecular weight excluding hydrogens is 296 g/mol. The zero-order valence-electron chi connectivity index (χ0n) is 11.9. The topological polar surface area (TPSA) is 76.5 Å². The fraction of sp³-hybridized carbons (Fsp3) is 0.615. The van der Waals surface area contributed by atoms with Gasteiger partial charge in [0.05, 0.1) is 6.61 Å². The molecule has 1 aromatic rings. The Labute approximate surface area is 128 Å². The van der Waals surface area contributed by atoms with Crippen molar-refractivity contribution in [1.29, 1.82) is 0 Å². The Morgan fingerprint density at radius 1 is 1.48 bits per heavy atom. The van der Waals surface area contributed by atoms with E-state index in [2.05, 4.69) is 10.3 Å². The normalized spacial score (nSPS) is 15.8. The molecule has 0 bridgehead atoms. The molecule has 1 saturated heterocycles. The van der Waals surface area contributed by atoms with Crippen LogP contribution in [0.25, 0.3) is 0 Å². The molecule has 0 saturated carbocycles. The van der Waals surface area contributed by atoms with Crippen LogP contribution in [-0.2, 0) is 16.1 Å². The number of likely N-dealkylation sites (tertiary alicyclic amines) is 1. The van der Waals surface area contributed by atoms with E-state index in [0.717, 1.165) is 12.8 Å². The van der Waals surface area contributed by atoms with Gasteiger partial charge in [-0.3, -0.25) is 4.79 Å². The number of nitrogens with zero attached hydrogens (tertiary/aromatic N) is 3. The molecule has 0 radical (unpaired) electrons. The van der Waals surface area contributed by atoms with E-state index in [1.807, 2.05) is 0 Å². The SMILES string of the molecule is CCOC(=O)N1CCC(NC(=O)Cn2ccnc2Cl)CC1. The van der Waals surface area contributed by atoms with Crippen molar-refractivity contribution in [3.63, 3.8) is 0 Å². The first-order valence-electron chi connectivity index (χ1n) is 6.98. The fourth-order valence-corrected chi connectivity index (χ4v) is 2.45. The Balaban J connectivity index is 1.74. The second-order valence-electron chi connectivity index (χ2n) is 4.85. The fourth-order valence-electron chi connectivity index (χ4n) is 2.28. The lowest BCUT2D eigenvalue weighted by atomic mass is 10.1. The molecule has 1 fully saturated rings. The lowest BCUT2D eigenvalue weighted by molar-refractivity contribution is -0.122. The molecule has 1 N–H and O–H groups in total. The van der Waals surface area contributed by atoms with Crippen LogP contribution in [0.4, 0.5) is 4.79 Å². The van der Waals surface area contributed by atoms with Gasteiger partial charge in [-0.2, -0.15) is 0 Å². The summed E-state index contributed by atoms with van der Waals surface area (Å²) >= 11 is 5.82. The van der Waals surface area contributed by atoms with E-state index in [9.17, 15) is 9.59 Å². The van der Waals surface area contributed by atoms with E-state index in [1.54, 1.807) is 28.8 Å². The lowest BCUT2D eigenvalue weighted by Gasteiger charge is -2.31. The van der Waals surface area contributed by atoms with Gasteiger partial charge in [-0.1, -0.05) is 0 Å². The Morgan fingerprint density at radius 2 is 2.19 bits per heavy atom. The van der Waals surface area contributed by atoms with Crippen molar-refractivity contribution in [2.24, 2.45) is 0 Å². The molecule has 2 amide bonds. The molecule has 7 nitrogen and oxygen atoms in total. The van der Waals surface area contributed by atoms with Gasteiger partial charge < -0.3 is 19.5 Å². The first-order chi connectivity index (χ1) is 10.1. The summed E-state index contributed by atoms with van der Waals surface area (Å²) in [5.74, 6) is -0.107. The van der Waals surface area contributed by atoms with E-state index in [-0.39, 0.29) is 24.6 Å². The summed E-state index contributed by atoms with van der Waals surface area (Å²) in [6, 6.07) is 0.0745. The van der Waals surface area contributed by atoms with Crippen LogP contribution in [-0.4, -0.2) is 52.2 Å². The third kappa shape index (κ3) is 4.35. The molecule has 0 aromatic carbocycles. The summed E-state index contributed by atoms with van der Waals surface area (Å²) in [4.78, 5) is 29.0. The van der Waals surface area contributed by atoms with Crippen molar-refractivity contribution in [3.8, 4) is 0 Å². The minimum absolute atomic E-state index is 0.0745. The number of ether oxygens (including phenoxy) is 1. The van der Waals surface area contributed by atoms with Crippen LogP contribution in [0.5, 0.6) is 0 Å². The number of hydrogen-bond acceptors (Lipinski definition) is 4. The van der Waals surface area contributed by atoms with Crippen molar-refractivity contribution in [1.82, 2.24) is 19.8 Å². The van der Waals surface area contributed by atoms with Crippen LogP contribution in [0.15, 0.2) is 12.4 Å². The van der Waals surface area contributed by atoms with Crippen LogP contribution in [0.1, 0.15) is 19.8 Å². The number of piperidine rings is 1. The van der Waals surface area contributed by atoms with Crippen LogP contribution < -0.4 is 5.32 Å². The molecule has 0 atom stereocenters. The van der Waals surface area contributed by atoms with E-state index >= 15 is 0 Å². The number of aromatic nitrogens is 2. The van der Waals surface area contributed by atoms with E-state index in [1.165, 1.54) is 0 Å². The molecular formula is C13H19ClN4O3. The molecule has 0 aliphatic carbocycles. The Bertz CT molecular complexity index is 497. The molecule has 2 heterocycles. The highest BCUT2D eigenvalue weighted by molar-refractivity contribution is 6.28. The number of nitrogens with one attached hydrogen (secondary N) is 1. The number of rotatable bonds is 4. The molecule has 1 aliphatic rings. The second kappa shape index (κ2) is 7.31. The summed E-state index contributed by atoms with van der Waals surface area (Å²) in [6.07, 6.45) is 4.37. The number of carbonyl (C=O) groups excluding carboxylic acids is 2.